The fourth-order valence-corrected chi connectivity index (χ4v) is 2.37. The largest absolute Gasteiger partial charge is 0.464 e. The molecule has 0 amide bonds. The first-order valence-electron chi connectivity index (χ1n) is 6.58. The summed E-state index contributed by atoms with van der Waals surface area (Å²) < 4.78 is 17.2. The number of aromatic nitrogens is 3. The van der Waals surface area contributed by atoms with Gasteiger partial charge in [-0.25, -0.2) is 9.48 Å². The van der Waals surface area contributed by atoms with E-state index >= 15 is 0 Å². The van der Waals surface area contributed by atoms with E-state index in [2.05, 4.69) is 10.3 Å². The third-order valence-electron chi connectivity index (χ3n) is 3.39. The molecule has 21 heavy (non-hydrogen) atoms. The Kier molecular flexibility index (Phi) is 3.72. The Morgan fingerprint density at radius 2 is 2.43 bits per heavy atom. The molecule has 1 aliphatic heterocycles. The average Bonchev–Trinajstić information content (AvgIpc) is 3.22. The molecule has 0 aromatic carbocycles. The van der Waals surface area contributed by atoms with Crippen LogP contribution in [0.5, 0.6) is 0 Å². The lowest BCUT2D eigenvalue weighted by Crippen LogP contribution is -2.16. The van der Waals surface area contributed by atoms with E-state index in [0.29, 0.717) is 24.3 Å². The van der Waals surface area contributed by atoms with Crippen molar-refractivity contribution in [1.82, 2.24) is 15.0 Å². The van der Waals surface area contributed by atoms with Crippen LogP contribution < -0.4 is 0 Å². The van der Waals surface area contributed by atoms with Gasteiger partial charge in [-0.1, -0.05) is 5.21 Å². The molecule has 0 bridgehead atoms. The molecule has 1 fully saturated rings. The fraction of sp³-hybridized carbons (Fsp3) is 0.462. The molecule has 0 unspecified atom stereocenters. The summed E-state index contributed by atoms with van der Waals surface area (Å²) in [5, 5.41) is 17.0. The maximum atomic E-state index is 11.8. The number of hydrogen-bond donors (Lipinski definition) is 1. The van der Waals surface area contributed by atoms with Crippen LogP contribution in [-0.4, -0.2) is 45.9 Å². The van der Waals surface area contributed by atoms with Gasteiger partial charge in [-0.2, -0.15) is 0 Å². The van der Waals surface area contributed by atoms with Crippen molar-refractivity contribution in [1.29, 1.82) is 0 Å². The summed E-state index contributed by atoms with van der Waals surface area (Å²) in [4.78, 5) is 11.8. The van der Waals surface area contributed by atoms with Crippen molar-refractivity contribution in [2.24, 2.45) is 0 Å². The first kappa shape index (κ1) is 13.8. The number of hydrogen-bond acceptors (Lipinski definition) is 7. The molecule has 8 nitrogen and oxygen atoms in total. The van der Waals surface area contributed by atoms with Crippen molar-refractivity contribution < 1.29 is 23.8 Å². The zero-order valence-corrected chi connectivity index (χ0v) is 11.4. The summed E-state index contributed by atoms with van der Waals surface area (Å²) in [5.74, 6) is -0.138. The molecule has 1 N–H and O–H groups in total. The van der Waals surface area contributed by atoms with Gasteiger partial charge < -0.3 is 19.0 Å². The Hall–Kier alpha value is -2.19. The minimum atomic E-state index is -0.593. The average molecular weight is 293 g/mol. The molecule has 1 saturated heterocycles. The van der Waals surface area contributed by atoms with Crippen molar-refractivity contribution in [3.8, 4) is 11.5 Å². The van der Waals surface area contributed by atoms with Gasteiger partial charge in [0.05, 0.1) is 26.1 Å². The highest BCUT2D eigenvalue weighted by Gasteiger charge is 2.32. The van der Waals surface area contributed by atoms with Crippen molar-refractivity contribution in [2.45, 2.75) is 25.2 Å². The van der Waals surface area contributed by atoms with Crippen molar-refractivity contribution in [2.75, 3.05) is 13.7 Å². The second-order valence-corrected chi connectivity index (χ2v) is 4.67. The summed E-state index contributed by atoms with van der Waals surface area (Å²) in [6, 6.07) is 3.42. The van der Waals surface area contributed by atoms with Gasteiger partial charge in [0.15, 0.2) is 12.0 Å². The molecule has 0 aliphatic carbocycles. The lowest BCUT2D eigenvalue weighted by Gasteiger charge is -2.14. The van der Waals surface area contributed by atoms with Crippen LogP contribution in [-0.2, 0) is 9.47 Å². The van der Waals surface area contributed by atoms with E-state index in [9.17, 15) is 4.79 Å². The van der Waals surface area contributed by atoms with Crippen LogP contribution in [0.3, 0.4) is 0 Å². The van der Waals surface area contributed by atoms with E-state index < -0.39 is 12.2 Å². The second-order valence-electron chi connectivity index (χ2n) is 4.67. The maximum absolute atomic E-state index is 11.8. The number of ether oxygens (including phenoxy) is 2. The number of furan rings is 1. The highest BCUT2D eigenvalue weighted by molar-refractivity contribution is 5.93. The van der Waals surface area contributed by atoms with Crippen LogP contribution in [0.1, 0.15) is 29.6 Å². The number of aliphatic hydroxyl groups excluding tert-OH is 1. The summed E-state index contributed by atoms with van der Waals surface area (Å²) in [5.41, 5.74) is 0.485. The molecule has 0 saturated carbocycles. The smallest absolute Gasteiger partial charge is 0.361 e. The Labute approximate surface area is 120 Å². The number of aliphatic hydroxyl groups is 1. The monoisotopic (exact) mass is 293 g/mol. The van der Waals surface area contributed by atoms with Crippen LogP contribution in [0.4, 0.5) is 0 Å². The maximum Gasteiger partial charge on any atom is 0.361 e. The molecular weight excluding hydrogens is 278 g/mol. The zero-order chi connectivity index (χ0) is 14.8. The molecule has 0 radical (unpaired) electrons. The van der Waals surface area contributed by atoms with E-state index in [4.69, 9.17) is 19.0 Å². The molecule has 2 atom stereocenters. The highest BCUT2D eigenvalue weighted by atomic mass is 16.5. The Morgan fingerprint density at radius 3 is 3.05 bits per heavy atom. The third-order valence-corrected chi connectivity index (χ3v) is 3.39. The van der Waals surface area contributed by atoms with Gasteiger partial charge in [-0.3, -0.25) is 0 Å². The summed E-state index contributed by atoms with van der Waals surface area (Å²) in [6.45, 7) is -0.0505. The van der Waals surface area contributed by atoms with E-state index in [0.717, 1.165) is 0 Å². The molecule has 8 heteroatoms. The van der Waals surface area contributed by atoms with Crippen LogP contribution in [0, 0.1) is 0 Å². The number of carbonyl (C=O) groups is 1. The quantitative estimate of drug-likeness (QED) is 0.839. The molecule has 3 rings (SSSR count). The first-order valence-corrected chi connectivity index (χ1v) is 6.58. The van der Waals surface area contributed by atoms with Gasteiger partial charge >= 0.3 is 5.97 Å². The molecule has 112 valence electrons. The first-order chi connectivity index (χ1) is 10.2. The van der Waals surface area contributed by atoms with Gasteiger partial charge in [-0.15, -0.1) is 5.10 Å². The number of methoxy groups -OCH3 is 1. The molecule has 2 aromatic rings. The topological polar surface area (TPSA) is 99.6 Å². The summed E-state index contributed by atoms with van der Waals surface area (Å²) >= 11 is 0. The number of nitrogens with zero attached hydrogens (tertiary/aromatic N) is 3. The van der Waals surface area contributed by atoms with Crippen LogP contribution in [0.25, 0.3) is 11.5 Å². The van der Waals surface area contributed by atoms with E-state index in [1.54, 1.807) is 12.1 Å². The van der Waals surface area contributed by atoms with Crippen LogP contribution in [0.2, 0.25) is 0 Å². The van der Waals surface area contributed by atoms with E-state index in [1.807, 2.05) is 0 Å². The summed E-state index contributed by atoms with van der Waals surface area (Å²) in [7, 11) is 1.28. The number of rotatable bonds is 4. The van der Waals surface area contributed by atoms with E-state index in [1.165, 1.54) is 18.1 Å². The Bertz CT molecular complexity index is 622. The minimum Gasteiger partial charge on any atom is -0.464 e. The third kappa shape index (κ3) is 2.43. The van der Waals surface area contributed by atoms with Crippen molar-refractivity contribution >= 4 is 5.97 Å². The Balaban J connectivity index is 2.01. The van der Waals surface area contributed by atoms with Gasteiger partial charge in [-0.05, 0) is 25.0 Å². The van der Waals surface area contributed by atoms with Gasteiger partial charge in [0, 0.05) is 0 Å². The standard InChI is InChI=1S/C13H15N3O5/c1-19-13(18)11-12(9-3-2-6-20-9)16(15-14-11)10-5-4-8(7-17)21-10/h2-3,6,8,10,17H,4-5,7H2,1H3/t8-,10+/m0/s1. The van der Waals surface area contributed by atoms with Gasteiger partial charge in [0.2, 0.25) is 5.69 Å². The molecule has 0 spiro atoms. The fourth-order valence-electron chi connectivity index (χ4n) is 2.37. The molecule has 2 aromatic heterocycles. The lowest BCUT2D eigenvalue weighted by molar-refractivity contribution is -0.0282. The predicted molar refractivity (Wildman–Crippen MR) is 69.3 cm³/mol. The predicted octanol–water partition coefficient (Wildman–Crippen LogP) is 0.995. The minimum absolute atomic E-state index is 0.0505. The highest BCUT2D eigenvalue weighted by Crippen LogP contribution is 2.33. The lowest BCUT2D eigenvalue weighted by atomic mass is 10.2. The van der Waals surface area contributed by atoms with Crippen molar-refractivity contribution in [3.63, 3.8) is 0 Å². The number of esters is 1. The van der Waals surface area contributed by atoms with Crippen LogP contribution in [0.15, 0.2) is 22.8 Å². The van der Waals surface area contributed by atoms with Crippen molar-refractivity contribution in [3.05, 3.63) is 24.1 Å². The van der Waals surface area contributed by atoms with E-state index in [-0.39, 0.29) is 18.4 Å². The Morgan fingerprint density at radius 1 is 1.57 bits per heavy atom. The summed E-state index contributed by atoms with van der Waals surface area (Å²) in [6.07, 6.45) is 2.26. The molecule has 1 aliphatic rings. The van der Waals surface area contributed by atoms with Gasteiger partial charge in [0.1, 0.15) is 5.69 Å². The molecule has 3 heterocycles. The second kappa shape index (κ2) is 5.66. The molecular formula is C13H15N3O5. The zero-order valence-electron chi connectivity index (χ0n) is 11.4. The van der Waals surface area contributed by atoms with Gasteiger partial charge in [0.25, 0.3) is 0 Å². The number of carbonyl (C=O) groups excluding carboxylic acids is 1. The SMILES string of the molecule is COC(=O)c1nnn([C@H]2CC[C@@H](CO)O2)c1-c1ccco1. The normalized spacial score (nSPS) is 21.6. The van der Waals surface area contributed by atoms with Crippen LogP contribution >= 0.6 is 0 Å².